The van der Waals surface area contributed by atoms with Crippen molar-refractivity contribution in [3.8, 4) is 17.2 Å². The van der Waals surface area contributed by atoms with Gasteiger partial charge in [0.1, 0.15) is 17.2 Å². The number of esters is 1. The van der Waals surface area contributed by atoms with Gasteiger partial charge in [0.25, 0.3) is 5.91 Å². The summed E-state index contributed by atoms with van der Waals surface area (Å²) in [4.78, 5) is 23.7. The number of rotatable bonds is 9. The van der Waals surface area contributed by atoms with Gasteiger partial charge in [-0.3, -0.25) is 4.79 Å². The second kappa shape index (κ2) is 10.6. The molecule has 0 spiro atoms. The van der Waals surface area contributed by atoms with Crippen LogP contribution in [-0.4, -0.2) is 39.3 Å². The minimum absolute atomic E-state index is 0.391. The van der Waals surface area contributed by atoms with Crippen molar-refractivity contribution in [2.24, 2.45) is 0 Å². The Morgan fingerprint density at radius 2 is 1.61 bits per heavy atom. The number of hydrogen-bond donors (Lipinski definition) is 1. The van der Waals surface area contributed by atoms with Crippen LogP contribution in [0.15, 0.2) is 48.5 Å². The summed E-state index contributed by atoms with van der Waals surface area (Å²) in [6, 6.07) is 12.1. The summed E-state index contributed by atoms with van der Waals surface area (Å²) in [5, 5.41) is 2.64. The van der Waals surface area contributed by atoms with Crippen LogP contribution in [0, 0.1) is 0 Å². The minimum Gasteiger partial charge on any atom is -0.497 e. The van der Waals surface area contributed by atoms with E-state index < -0.39 is 18.5 Å². The first-order valence-corrected chi connectivity index (χ1v) is 8.64. The summed E-state index contributed by atoms with van der Waals surface area (Å²) in [5.74, 6) is 0.841. The zero-order valence-electron chi connectivity index (χ0n) is 16.1. The molecule has 2 aromatic carbocycles. The molecule has 1 amide bonds. The van der Waals surface area contributed by atoms with E-state index in [1.165, 1.54) is 6.08 Å². The molecule has 0 fully saturated rings. The van der Waals surface area contributed by atoms with Gasteiger partial charge in [-0.1, -0.05) is 0 Å². The lowest BCUT2D eigenvalue weighted by atomic mass is 10.2. The smallest absolute Gasteiger partial charge is 0.331 e. The molecule has 2 rings (SSSR count). The first kappa shape index (κ1) is 20.8. The molecule has 0 saturated carbocycles. The highest BCUT2D eigenvalue weighted by Gasteiger charge is 2.06. The van der Waals surface area contributed by atoms with Gasteiger partial charge in [-0.2, -0.15) is 0 Å². The lowest BCUT2D eigenvalue weighted by molar-refractivity contribution is -0.142. The number of carbonyl (C=O) groups is 2. The fourth-order valence-electron chi connectivity index (χ4n) is 2.27. The molecular weight excluding hydrogens is 362 g/mol. The molecule has 0 aliphatic heterocycles. The fourth-order valence-corrected chi connectivity index (χ4v) is 2.27. The number of ether oxygens (including phenoxy) is 4. The van der Waals surface area contributed by atoms with E-state index in [1.54, 1.807) is 62.8 Å². The fraction of sp³-hybridized carbons (Fsp3) is 0.238. The molecule has 7 nitrogen and oxygen atoms in total. The number of nitrogens with one attached hydrogen (secondary N) is 1. The minimum atomic E-state index is -0.636. The topological polar surface area (TPSA) is 83.1 Å². The predicted molar refractivity (Wildman–Crippen MR) is 106 cm³/mol. The largest absolute Gasteiger partial charge is 0.497 e. The van der Waals surface area contributed by atoms with Gasteiger partial charge in [0.2, 0.25) is 0 Å². The number of amides is 1. The van der Waals surface area contributed by atoms with Crippen molar-refractivity contribution in [3.05, 3.63) is 54.1 Å². The molecule has 0 heterocycles. The Kier molecular flexibility index (Phi) is 7.90. The van der Waals surface area contributed by atoms with Crippen molar-refractivity contribution in [2.75, 3.05) is 32.8 Å². The van der Waals surface area contributed by atoms with Gasteiger partial charge in [0.05, 0.1) is 20.8 Å². The lowest BCUT2D eigenvalue weighted by Gasteiger charge is -2.07. The Hall–Kier alpha value is -3.48. The Morgan fingerprint density at radius 1 is 0.964 bits per heavy atom. The van der Waals surface area contributed by atoms with Gasteiger partial charge in [-0.15, -0.1) is 0 Å². The highest BCUT2D eigenvalue weighted by atomic mass is 16.5. The molecule has 7 heteroatoms. The molecule has 0 atom stereocenters. The lowest BCUT2D eigenvalue weighted by Crippen LogP contribution is -2.20. The monoisotopic (exact) mass is 385 g/mol. The normalized spacial score (nSPS) is 10.4. The van der Waals surface area contributed by atoms with Crippen LogP contribution in [0.3, 0.4) is 0 Å². The average molecular weight is 385 g/mol. The number of carbonyl (C=O) groups excluding carboxylic acids is 2. The summed E-state index contributed by atoms with van der Waals surface area (Å²) >= 11 is 0. The molecule has 0 aliphatic carbocycles. The van der Waals surface area contributed by atoms with Crippen LogP contribution < -0.4 is 19.5 Å². The second-order valence-corrected chi connectivity index (χ2v) is 5.59. The van der Waals surface area contributed by atoms with Crippen molar-refractivity contribution >= 4 is 23.6 Å². The van der Waals surface area contributed by atoms with E-state index >= 15 is 0 Å². The molecule has 0 aliphatic rings. The summed E-state index contributed by atoms with van der Waals surface area (Å²) in [6.07, 6.45) is 2.79. The van der Waals surface area contributed by atoms with Gasteiger partial charge < -0.3 is 24.3 Å². The van der Waals surface area contributed by atoms with Crippen molar-refractivity contribution < 1.29 is 28.5 Å². The number of methoxy groups -OCH3 is 2. The quantitative estimate of drug-likeness (QED) is 0.527. The zero-order valence-corrected chi connectivity index (χ0v) is 16.1. The van der Waals surface area contributed by atoms with E-state index in [2.05, 4.69) is 5.32 Å². The summed E-state index contributed by atoms with van der Waals surface area (Å²) in [7, 11) is 3.08. The molecule has 2 aromatic rings. The van der Waals surface area contributed by atoms with Crippen molar-refractivity contribution in [3.63, 3.8) is 0 Å². The van der Waals surface area contributed by atoms with E-state index in [1.807, 2.05) is 6.92 Å². The average Bonchev–Trinajstić information content (AvgIpc) is 2.72. The molecular formula is C21H23NO6. The highest BCUT2D eigenvalue weighted by Crippen LogP contribution is 2.23. The van der Waals surface area contributed by atoms with Gasteiger partial charge in [-0.05, 0) is 55.0 Å². The van der Waals surface area contributed by atoms with Gasteiger partial charge >= 0.3 is 5.97 Å². The third kappa shape index (κ3) is 6.68. The molecule has 0 radical (unpaired) electrons. The SMILES string of the molecule is CCOc1ccc(NC(=O)COC(=O)/C=C/c2cc(OC)cc(OC)c2)cc1. The predicted octanol–water partition coefficient (Wildman–Crippen LogP) is 3.30. The Labute approximate surface area is 163 Å². The molecule has 0 unspecified atom stereocenters. The third-order valence-electron chi connectivity index (χ3n) is 3.58. The summed E-state index contributed by atoms with van der Waals surface area (Å²) in [5.41, 5.74) is 1.29. The van der Waals surface area contributed by atoms with Crippen LogP contribution in [0.1, 0.15) is 12.5 Å². The summed E-state index contributed by atoms with van der Waals surface area (Å²) in [6.45, 7) is 2.07. The van der Waals surface area contributed by atoms with Crippen molar-refractivity contribution in [1.29, 1.82) is 0 Å². The number of hydrogen-bond acceptors (Lipinski definition) is 6. The standard InChI is InChI=1S/C21H23NO6/c1-4-27-17-8-6-16(7-9-17)22-20(23)14-28-21(24)10-5-15-11-18(25-2)13-19(12-15)26-3/h5-13H,4,14H2,1-3H3,(H,22,23)/b10-5+. The van der Waals surface area contributed by atoms with E-state index in [9.17, 15) is 9.59 Å². The van der Waals surface area contributed by atoms with Gasteiger partial charge in [0.15, 0.2) is 6.61 Å². The molecule has 1 N–H and O–H groups in total. The maximum Gasteiger partial charge on any atom is 0.331 e. The maximum atomic E-state index is 11.9. The van der Waals surface area contributed by atoms with Crippen LogP contribution in [0.25, 0.3) is 6.08 Å². The molecule has 28 heavy (non-hydrogen) atoms. The van der Waals surface area contributed by atoms with Crippen molar-refractivity contribution in [2.45, 2.75) is 6.92 Å². The first-order chi connectivity index (χ1) is 13.5. The molecule has 0 bridgehead atoms. The van der Waals surface area contributed by atoms with Crippen molar-refractivity contribution in [1.82, 2.24) is 0 Å². The second-order valence-electron chi connectivity index (χ2n) is 5.59. The Morgan fingerprint density at radius 3 is 2.18 bits per heavy atom. The third-order valence-corrected chi connectivity index (χ3v) is 3.58. The zero-order chi connectivity index (χ0) is 20.4. The molecule has 0 aromatic heterocycles. The van der Waals surface area contributed by atoms with Crippen LogP contribution in [-0.2, 0) is 14.3 Å². The van der Waals surface area contributed by atoms with Gasteiger partial charge in [-0.25, -0.2) is 4.79 Å². The van der Waals surface area contributed by atoms with Crippen LogP contribution in [0.2, 0.25) is 0 Å². The highest BCUT2D eigenvalue weighted by molar-refractivity contribution is 5.94. The van der Waals surface area contributed by atoms with E-state index in [0.29, 0.717) is 35.1 Å². The Balaban J connectivity index is 1.84. The Bertz CT molecular complexity index is 807. The van der Waals surface area contributed by atoms with E-state index in [-0.39, 0.29) is 0 Å². The first-order valence-electron chi connectivity index (χ1n) is 8.64. The summed E-state index contributed by atoms with van der Waals surface area (Å²) < 4.78 is 20.6. The van der Waals surface area contributed by atoms with Crippen LogP contribution in [0.5, 0.6) is 17.2 Å². The maximum absolute atomic E-state index is 11.9. The van der Waals surface area contributed by atoms with Crippen LogP contribution in [0.4, 0.5) is 5.69 Å². The van der Waals surface area contributed by atoms with Gasteiger partial charge in [0, 0.05) is 17.8 Å². The number of anilines is 1. The number of benzene rings is 2. The van der Waals surface area contributed by atoms with E-state index in [0.717, 1.165) is 0 Å². The molecule has 0 saturated heterocycles. The van der Waals surface area contributed by atoms with E-state index in [4.69, 9.17) is 18.9 Å². The molecule has 148 valence electrons. The van der Waals surface area contributed by atoms with Crippen LogP contribution >= 0.6 is 0 Å².